The summed E-state index contributed by atoms with van der Waals surface area (Å²) in [5.41, 5.74) is 1.93. The third kappa shape index (κ3) is 4.71. The number of fused-ring (bicyclic) bond motifs is 3. The Kier molecular flexibility index (Phi) is 7.12. The van der Waals surface area contributed by atoms with Crippen LogP contribution in [0.15, 0.2) is 12.2 Å². The van der Waals surface area contributed by atoms with E-state index in [-0.39, 0.29) is 17.1 Å². The van der Waals surface area contributed by atoms with Crippen LogP contribution in [-0.2, 0) is 4.74 Å². The van der Waals surface area contributed by atoms with Crippen molar-refractivity contribution in [3.63, 3.8) is 0 Å². The molecule has 3 nitrogen and oxygen atoms in total. The first-order valence-electron chi connectivity index (χ1n) is 17.5. The van der Waals surface area contributed by atoms with Gasteiger partial charge in [0.25, 0.3) is 0 Å². The van der Waals surface area contributed by atoms with Crippen molar-refractivity contribution in [1.29, 1.82) is 0 Å². The van der Waals surface area contributed by atoms with E-state index >= 15 is 0 Å². The minimum absolute atomic E-state index is 0.0827. The zero-order valence-electron chi connectivity index (χ0n) is 25.1. The lowest BCUT2D eigenvalue weighted by molar-refractivity contribution is -0.138. The molecule has 6 saturated carbocycles. The third-order valence-corrected chi connectivity index (χ3v) is 14.3. The fourth-order valence-corrected chi connectivity index (χ4v) is 12.4. The molecule has 1 spiro atoms. The van der Waals surface area contributed by atoms with Gasteiger partial charge in [-0.1, -0.05) is 44.3 Å². The highest BCUT2D eigenvalue weighted by Crippen LogP contribution is 2.72. The molecule has 2 N–H and O–H groups in total. The number of epoxide rings is 1. The van der Waals surface area contributed by atoms with Crippen LogP contribution >= 0.6 is 0 Å². The number of aliphatic hydroxyl groups is 2. The molecular weight excluding hydrogens is 480 g/mol. The average molecular weight is 539 g/mol. The number of hydrogen-bond acceptors (Lipinski definition) is 3. The van der Waals surface area contributed by atoms with Gasteiger partial charge < -0.3 is 14.9 Å². The van der Waals surface area contributed by atoms with Crippen molar-refractivity contribution in [3.8, 4) is 0 Å². The predicted molar refractivity (Wildman–Crippen MR) is 157 cm³/mol. The number of aliphatic hydroxyl groups excluding tert-OH is 1. The first-order chi connectivity index (χ1) is 18.8. The molecule has 6 aliphatic carbocycles. The first-order valence-corrected chi connectivity index (χ1v) is 17.5. The number of hydrogen-bond donors (Lipinski definition) is 2. The number of ether oxygens (including phenoxy) is 1. The van der Waals surface area contributed by atoms with E-state index in [0.717, 1.165) is 55.8 Å². The van der Waals surface area contributed by atoms with E-state index in [2.05, 4.69) is 6.92 Å². The van der Waals surface area contributed by atoms with Crippen LogP contribution < -0.4 is 0 Å². The van der Waals surface area contributed by atoms with Crippen molar-refractivity contribution in [2.75, 3.05) is 0 Å². The van der Waals surface area contributed by atoms with Gasteiger partial charge in [-0.05, 0) is 145 Å². The van der Waals surface area contributed by atoms with Gasteiger partial charge in [-0.2, -0.15) is 0 Å². The van der Waals surface area contributed by atoms with Crippen LogP contribution in [0, 0.1) is 40.4 Å². The zero-order valence-corrected chi connectivity index (χ0v) is 25.1. The summed E-state index contributed by atoms with van der Waals surface area (Å²) in [5, 5.41) is 21.4. The quantitative estimate of drug-likeness (QED) is 0.272. The van der Waals surface area contributed by atoms with E-state index in [1.807, 2.05) is 0 Å². The Bertz CT molecular complexity index is 918. The molecule has 1 aliphatic heterocycles. The Morgan fingerprint density at radius 3 is 2.26 bits per heavy atom. The summed E-state index contributed by atoms with van der Waals surface area (Å²) in [6, 6.07) is 0. The van der Waals surface area contributed by atoms with Crippen LogP contribution in [0.5, 0.6) is 0 Å². The summed E-state index contributed by atoms with van der Waals surface area (Å²) in [5.74, 6) is 4.26. The van der Waals surface area contributed by atoms with E-state index in [0.29, 0.717) is 23.9 Å². The molecule has 220 valence electrons. The van der Waals surface area contributed by atoms with Crippen molar-refractivity contribution in [2.24, 2.45) is 40.4 Å². The Morgan fingerprint density at radius 2 is 1.54 bits per heavy atom. The summed E-state index contributed by atoms with van der Waals surface area (Å²) in [4.78, 5) is 0. The maximum Gasteiger partial charge on any atom is 0.0930 e. The topological polar surface area (TPSA) is 53.0 Å². The van der Waals surface area contributed by atoms with E-state index in [4.69, 9.17) is 11.3 Å². The number of rotatable bonds is 5. The molecule has 39 heavy (non-hydrogen) atoms. The van der Waals surface area contributed by atoms with Gasteiger partial charge in [-0.3, -0.25) is 0 Å². The molecule has 0 aromatic heterocycles. The lowest BCUT2D eigenvalue weighted by atomic mass is 9.40. The first kappa shape index (κ1) is 27.5. The third-order valence-electron chi connectivity index (χ3n) is 14.3. The van der Waals surface area contributed by atoms with E-state index in [1.165, 1.54) is 103 Å². The molecule has 1 heterocycles. The fourth-order valence-electron chi connectivity index (χ4n) is 12.4. The summed E-state index contributed by atoms with van der Waals surface area (Å²) < 4.78 is 6.77. The van der Waals surface area contributed by atoms with Crippen molar-refractivity contribution >= 4 is 0 Å². The van der Waals surface area contributed by atoms with Gasteiger partial charge in [0.05, 0.1) is 23.4 Å². The van der Waals surface area contributed by atoms with Gasteiger partial charge in [0.2, 0.25) is 0 Å². The molecule has 0 aromatic rings. The lowest BCUT2D eigenvalue weighted by Gasteiger charge is -2.64. The Balaban J connectivity index is 1.08. The minimum Gasteiger partial charge on any atom is -0.393 e. The second-order valence-corrected chi connectivity index (χ2v) is 16.5. The molecular formula is C36H58O3. The van der Waals surface area contributed by atoms with Crippen LogP contribution in [0.4, 0.5) is 0 Å². The van der Waals surface area contributed by atoms with Gasteiger partial charge in [0.15, 0.2) is 0 Å². The Labute approximate surface area is 238 Å². The minimum atomic E-state index is -0.637. The summed E-state index contributed by atoms with van der Waals surface area (Å²) in [6.45, 7) is 7.37. The van der Waals surface area contributed by atoms with E-state index in [1.54, 1.807) is 5.57 Å². The van der Waals surface area contributed by atoms with Crippen LogP contribution in [0.3, 0.4) is 0 Å². The molecule has 0 bridgehead atoms. The van der Waals surface area contributed by atoms with Crippen LogP contribution in [-0.4, -0.2) is 33.6 Å². The van der Waals surface area contributed by atoms with Crippen molar-refractivity contribution in [2.45, 2.75) is 172 Å². The molecule has 3 heteroatoms. The molecule has 0 aromatic carbocycles. The van der Waals surface area contributed by atoms with Crippen LogP contribution in [0.2, 0.25) is 0 Å². The highest BCUT2D eigenvalue weighted by Gasteiger charge is 2.68. The molecule has 7 aliphatic rings. The van der Waals surface area contributed by atoms with Gasteiger partial charge in [0, 0.05) is 11.8 Å². The average Bonchev–Trinajstić information content (AvgIpc) is 3.24. The van der Waals surface area contributed by atoms with Gasteiger partial charge in [0.1, 0.15) is 0 Å². The maximum atomic E-state index is 11.2. The summed E-state index contributed by atoms with van der Waals surface area (Å²) in [6.07, 6.45) is 27.8. The highest BCUT2D eigenvalue weighted by atomic mass is 16.6. The summed E-state index contributed by atoms with van der Waals surface area (Å²) >= 11 is 0. The Morgan fingerprint density at radius 1 is 0.821 bits per heavy atom. The molecule has 0 amide bonds. The predicted octanol–water partition coefficient (Wildman–Crippen LogP) is 8.51. The standard InChI is InChI=1S/C36H58O3/c1-25-21-34(19-14-26(22-34)15-20-35(38)17-8-13-29(37)23-35)32-33(2,39-32)18-16-31-30(25)24-36(31,28-11-6-7-12-28)27-9-4-3-5-10-27/h26-32,37-38H,1,3-24H2,2H3/t26-,29+,30-,31-,32-,33-,34-,35+,36+/m1/s1. The molecule has 0 unspecified atom stereocenters. The lowest BCUT2D eigenvalue weighted by Crippen LogP contribution is -2.57. The summed E-state index contributed by atoms with van der Waals surface area (Å²) in [7, 11) is 0. The molecule has 9 atom stereocenters. The number of allylic oxidation sites excluding steroid dienone is 1. The normalized spacial score (nSPS) is 51.1. The zero-order chi connectivity index (χ0) is 26.9. The highest BCUT2D eigenvalue weighted by molar-refractivity contribution is 5.25. The second-order valence-electron chi connectivity index (χ2n) is 16.5. The fraction of sp³-hybridized carbons (Fsp3) is 0.944. The second kappa shape index (κ2) is 10.1. The van der Waals surface area contributed by atoms with E-state index in [9.17, 15) is 10.2 Å². The SMILES string of the molecule is C=C1C[C@@]2(CC[C@H](CC[C@@]3(O)CCC[C@H](O)C3)C2)[C@@H]2O[C@]2(C)CC[C@@H]2[C@@H]1C[C@]2(C1CCCCC1)C1CCCC1. The smallest absolute Gasteiger partial charge is 0.0930 e. The van der Waals surface area contributed by atoms with Crippen molar-refractivity contribution in [3.05, 3.63) is 12.2 Å². The van der Waals surface area contributed by atoms with Gasteiger partial charge >= 0.3 is 0 Å². The molecule has 7 fully saturated rings. The largest absolute Gasteiger partial charge is 0.393 e. The maximum absolute atomic E-state index is 11.2. The molecule has 0 radical (unpaired) electrons. The van der Waals surface area contributed by atoms with Crippen LogP contribution in [0.1, 0.15) is 148 Å². The van der Waals surface area contributed by atoms with Gasteiger partial charge in [-0.15, -0.1) is 0 Å². The molecule has 7 rings (SSSR count). The van der Waals surface area contributed by atoms with Crippen LogP contribution in [0.25, 0.3) is 0 Å². The van der Waals surface area contributed by atoms with Gasteiger partial charge in [-0.25, -0.2) is 0 Å². The van der Waals surface area contributed by atoms with Crippen molar-refractivity contribution < 1.29 is 14.9 Å². The Hall–Kier alpha value is -0.380. The van der Waals surface area contributed by atoms with Crippen molar-refractivity contribution in [1.82, 2.24) is 0 Å². The monoisotopic (exact) mass is 538 g/mol. The van der Waals surface area contributed by atoms with E-state index < -0.39 is 5.60 Å². The molecule has 1 saturated heterocycles.